The number of ether oxygens (including phenoxy) is 1. The molecule has 144 valence electrons. The summed E-state index contributed by atoms with van der Waals surface area (Å²) in [6.07, 6.45) is 2.70. The number of amides is 2. The number of benzene rings is 2. The largest absolute Gasteiger partial charge is 0.483 e. The minimum atomic E-state index is -0.558. The number of thioether (sulfide) groups is 1. The summed E-state index contributed by atoms with van der Waals surface area (Å²) in [5, 5.41) is 0.607. The maximum absolute atomic E-state index is 12.6. The van der Waals surface area contributed by atoms with Gasteiger partial charge in [0, 0.05) is 12.6 Å². The fraction of sp³-hybridized carbons (Fsp3) is 0.190. The van der Waals surface area contributed by atoms with E-state index < -0.39 is 5.91 Å². The Bertz CT molecular complexity index is 952. The quantitative estimate of drug-likeness (QED) is 0.760. The number of rotatable bonds is 6. The SMILES string of the molecule is CCc1ccc(N=C2S/C(=C/c3ccccc3OCC(N)=O)C(=O)N2C)cc1. The van der Waals surface area contributed by atoms with E-state index in [2.05, 4.69) is 11.9 Å². The van der Waals surface area contributed by atoms with Gasteiger partial charge in [0.1, 0.15) is 5.75 Å². The molecule has 0 spiro atoms. The molecule has 1 fully saturated rings. The van der Waals surface area contributed by atoms with Crippen LogP contribution in [0.15, 0.2) is 58.4 Å². The number of primary amides is 1. The van der Waals surface area contributed by atoms with E-state index in [4.69, 9.17) is 10.5 Å². The Morgan fingerprint density at radius 2 is 1.93 bits per heavy atom. The lowest BCUT2D eigenvalue weighted by atomic mass is 10.2. The molecule has 1 aliphatic rings. The molecule has 2 N–H and O–H groups in total. The monoisotopic (exact) mass is 395 g/mol. The summed E-state index contributed by atoms with van der Waals surface area (Å²) in [6.45, 7) is 1.88. The molecular formula is C21H21N3O3S. The van der Waals surface area contributed by atoms with Gasteiger partial charge in [0.15, 0.2) is 11.8 Å². The van der Waals surface area contributed by atoms with Crippen molar-refractivity contribution in [2.24, 2.45) is 10.7 Å². The Balaban J connectivity index is 1.85. The molecule has 1 heterocycles. The molecule has 2 aromatic carbocycles. The van der Waals surface area contributed by atoms with Gasteiger partial charge in [0.2, 0.25) is 0 Å². The lowest BCUT2D eigenvalue weighted by molar-refractivity contribution is -0.121. The minimum absolute atomic E-state index is 0.140. The topological polar surface area (TPSA) is 85.0 Å². The number of aliphatic imine (C=N–C) groups is 1. The van der Waals surface area contributed by atoms with Crippen LogP contribution in [0, 0.1) is 0 Å². The fourth-order valence-corrected chi connectivity index (χ4v) is 3.57. The van der Waals surface area contributed by atoms with Crippen LogP contribution in [0.3, 0.4) is 0 Å². The van der Waals surface area contributed by atoms with Crippen molar-refractivity contribution in [1.82, 2.24) is 4.90 Å². The lowest BCUT2D eigenvalue weighted by Gasteiger charge is -2.08. The molecule has 0 unspecified atom stereocenters. The van der Waals surface area contributed by atoms with Gasteiger partial charge in [-0.25, -0.2) is 4.99 Å². The molecule has 0 atom stereocenters. The van der Waals surface area contributed by atoms with Crippen molar-refractivity contribution >= 4 is 40.5 Å². The fourth-order valence-electron chi connectivity index (χ4n) is 2.59. The van der Waals surface area contributed by atoms with Gasteiger partial charge in [-0.15, -0.1) is 0 Å². The molecule has 0 bridgehead atoms. The molecule has 1 saturated heterocycles. The molecule has 7 heteroatoms. The molecule has 3 rings (SSSR count). The number of carbonyl (C=O) groups excluding carboxylic acids is 2. The first-order chi connectivity index (χ1) is 13.5. The highest BCUT2D eigenvalue weighted by atomic mass is 32.2. The normalized spacial score (nSPS) is 16.8. The maximum Gasteiger partial charge on any atom is 0.266 e. The van der Waals surface area contributed by atoms with Crippen LogP contribution >= 0.6 is 11.8 Å². The second-order valence-electron chi connectivity index (χ2n) is 6.18. The van der Waals surface area contributed by atoms with E-state index in [9.17, 15) is 9.59 Å². The molecular weight excluding hydrogens is 374 g/mol. The number of nitrogens with zero attached hydrogens (tertiary/aromatic N) is 2. The van der Waals surface area contributed by atoms with Crippen molar-refractivity contribution in [1.29, 1.82) is 0 Å². The average Bonchev–Trinajstić information content (AvgIpc) is 2.95. The smallest absolute Gasteiger partial charge is 0.266 e. The van der Waals surface area contributed by atoms with Gasteiger partial charge in [-0.2, -0.15) is 0 Å². The van der Waals surface area contributed by atoms with E-state index >= 15 is 0 Å². The summed E-state index contributed by atoms with van der Waals surface area (Å²) in [5.74, 6) is -0.207. The van der Waals surface area contributed by atoms with E-state index in [-0.39, 0.29) is 12.5 Å². The third kappa shape index (κ3) is 4.61. The lowest BCUT2D eigenvalue weighted by Crippen LogP contribution is -2.23. The van der Waals surface area contributed by atoms with Gasteiger partial charge in [-0.05, 0) is 48.0 Å². The van der Waals surface area contributed by atoms with Gasteiger partial charge >= 0.3 is 0 Å². The highest BCUT2D eigenvalue weighted by Gasteiger charge is 2.30. The highest BCUT2D eigenvalue weighted by Crippen LogP contribution is 2.34. The first kappa shape index (κ1) is 19.7. The molecule has 0 aliphatic carbocycles. The molecule has 28 heavy (non-hydrogen) atoms. The molecule has 0 saturated carbocycles. The summed E-state index contributed by atoms with van der Waals surface area (Å²) in [5.41, 5.74) is 7.87. The van der Waals surface area contributed by atoms with Crippen LogP contribution in [0.2, 0.25) is 0 Å². The Hall–Kier alpha value is -3.06. The molecule has 2 aromatic rings. The number of aryl methyl sites for hydroxylation is 1. The van der Waals surface area contributed by atoms with Crippen LogP contribution in [0.5, 0.6) is 5.75 Å². The number of carbonyl (C=O) groups is 2. The summed E-state index contributed by atoms with van der Waals surface area (Å²) in [7, 11) is 1.70. The van der Waals surface area contributed by atoms with Gasteiger partial charge in [-0.1, -0.05) is 37.3 Å². The van der Waals surface area contributed by atoms with Crippen LogP contribution in [-0.4, -0.2) is 35.5 Å². The van der Waals surface area contributed by atoms with Crippen LogP contribution in [0.4, 0.5) is 5.69 Å². The van der Waals surface area contributed by atoms with Crippen LogP contribution in [-0.2, 0) is 16.0 Å². The number of hydrogen-bond donors (Lipinski definition) is 1. The Kier molecular flexibility index (Phi) is 6.16. The van der Waals surface area contributed by atoms with E-state index in [1.807, 2.05) is 36.4 Å². The Labute approximate surface area is 168 Å². The van der Waals surface area contributed by atoms with Crippen LogP contribution in [0.25, 0.3) is 6.08 Å². The van der Waals surface area contributed by atoms with Crippen molar-refractivity contribution in [2.45, 2.75) is 13.3 Å². The van der Waals surface area contributed by atoms with E-state index in [1.54, 1.807) is 25.3 Å². The number of para-hydroxylation sites is 1. The van der Waals surface area contributed by atoms with Crippen molar-refractivity contribution in [3.63, 3.8) is 0 Å². The summed E-state index contributed by atoms with van der Waals surface area (Å²) in [6, 6.07) is 15.1. The summed E-state index contributed by atoms with van der Waals surface area (Å²) >= 11 is 1.30. The summed E-state index contributed by atoms with van der Waals surface area (Å²) < 4.78 is 5.43. The van der Waals surface area contributed by atoms with E-state index in [0.29, 0.717) is 21.4 Å². The van der Waals surface area contributed by atoms with Crippen molar-refractivity contribution < 1.29 is 14.3 Å². The Morgan fingerprint density at radius 1 is 1.21 bits per heavy atom. The third-order valence-electron chi connectivity index (χ3n) is 4.15. The first-order valence-electron chi connectivity index (χ1n) is 8.83. The standard InChI is InChI=1S/C21H21N3O3S/c1-3-14-8-10-16(11-9-14)23-21-24(2)20(26)18(28-21)12-15-6-4-5-7-17(15)27-13-19(22)25/h4-12H,3,13H2,1-2H3,(H2,22,25)/b18-12+,23-21?. The summed E-state index contributed by atoms with van der Waals surface area (Å²) in [4.78, 5) is 30.3. The maximum atomic E-state index is 12.6. The van der Waals surface area contributed by atoms with Crippen LogP contribution < -0.4 is 10.5 Å². The van der Waals surface area contributed by atoms with Crippen molar-refractivity contribution in [3.8, 4) is 5.75 Å². The van der Waals surface area contributed by atoms with E-state index in [1.165, 1.54) is 22.2 Å². The first-order valence-corrected chi connectivity index (χ1v) is 9.65. The molecule has 0 radical (unpaired) electrons. The molecule has 1 aliphatic heterocycles. The van der Waals surface area contributed by atoms with Gasteiger partial charge in [-0.3, -0.25) is 14.5 Å². The van der Waals surface area contributed by atoms with Gasteiger partial charge < -0.3 is 10.5 Å². The highest BCUT2D eigenvalue weighted by molar-refractivity contribution is 8.18. The van der Waals surface area contributed by atoms with E-state index in [0.717, 1.165) is 12.1 Å². The predicted octanol–water partition coefficient (Wildman–Crippen LogP) is 3.35. The number of hydrogen-bond acceptors (Lipinski definition) is 5. The molecule has 2 amide bonds. The van der Waals surface area contributed by atoms with Crippen molar-refractivity contribution in [3.05, 3.63) is 64.6 Å². The van der Waals surface area contributed by atoms with Gasteiger partial charge in [0.25, 0.3) is 11.8 Å². The third-order valence-corrected chi connectivity index (χ3v) is 5.21. The van der Waals surface area contributed by atoms with Crippen molar-refractivity contribution in [2.75, 3.05) is 13.7 Å². The van der Waals surface area contributed by atoms with Gasteiger partial charge in [0.05, 0.1) is 10.6 Å². The predicted molar refractivity (Wildman–Crippen MR) is 112 cm³/mol. The zero-order valence-electron chi connectivity index (χ0n) is 15.7. The van der Waals surface area contributed by atoms with Crippen LogP contribution in [0.1, 0.15) is 18.1 Å². The second-order valence-corrected chi connectivity index (χ2v) is 7.19. The number of likely N-dealkylation sites (N-methyl/N-ethyl adjacent to an activating group) is 1. The zero-order valence-corrected chi connectivity index (χ0v) is 16.5. The second kappa shape index (κ2) is 8.75. The zero-order chi connectivity index (χ0) is 20.1. The Morgan fingerprint density at radius 3 is 2.61 bits per heavy atom. The molecule has 0 aromatic heterocycles. The number of amidine groups is 1. The molecule has 6 nitrogen and oxygen atoms in total. The number of nitrogens with two attached hydrogens (primary N) is 1. The minimum Gasteiger partial charge on any atom is -0.483 e. The average molecular weight is 395 g/mol.